The number of hydrogen-bond acceptors (Lipinski definition) is 3. The minimum Gasteiger partial charge on any atom is -0.390 e. The van der Waals surface area contributed by atoms with Gasteiger partial charge < -0.3 is 5.73 Å². The van der Waals surface area contributed by atoms with Crippen molar-refractivity contribution in [3.63, 3.8) is 0 Å². The average molecular weight is 133 g/mol. The molecule has 0 fully saturated rings. The van der Waals surface area contributed by atoms with Crippen LogP contribution in [0.5, 0.6) is 0 Å². The van der Waals surface area contributed by atoms with Crippen LogP contribution < -0.4 is 5.73 Å². The fourth-order valence-corrected chi connectivity index (χ4v) is 0.321. The molecule has 0 unspecified atom stereocenters. The van der Waals surface area contributed by atoms with Gasteiger partial charge in [0.25, 0.3) is 0 Å². The maximum Gasteiger partial charge on any atom is 0.213 e. The second-order valence-electron chi connectivity index (χ2n) is 1.18. The monoisotopic (exact) mass is 133 g/mol. The Morgan fingerprint density at radius 3 is 2.00 bits per heavy atom. The van der Waals surface area contributed by atoms with Crippen LogP contribution in [0.1, 0.15) is 0 Å². The molecular weight excluding hydrogens is 126 g/mol. The SMILES string of the molecule is C=CS(=O)(=O)C(=C)N. The van der Waals surface area contributed by atoms with E-state index in [0.717, 1.165) is 5.41 Å². The molecule has 46 valence electrons. The Morgan fingerprint density at radius 2 is 2.00 bits per heavy atom. The highest BCUT2D eigenvalue weighted by Gasteiger charge is 2.03. The molecule has 0 spiro atoms. The van der Waals surface area contributed by atoms with Crippen LogP contribution in [0, 0.1) is 0 Å². The fraction of sp³-hybridized carbons (Fsp3) is 0. The van der Waals surface area contributed by atoms with E-state index in [1.165, 1.54) is 0 Å². The van der Waals surface area contributed by atoms with Gasteiger partial charge in [-0.2, -0.15) is 0 Å². The van der Waals surface area contributed by atoms with E-state index >= 15 is 0 Å². The van der Waals surface area contributed by atoms with Gasteiger partial charge in [-0.3, -0.25) is 0 Å². The van der Waals surface area contributed by atoms with Crippen molar-refractivity contribution in [2.24, 2.45) is 5.73 Å². The number of nitrogens with two attached hydrogens (primary N) is 1. The summed E-state index contributed by atoms with van der Waals surface area (Å²) in [6, 6.07) is 0. The van der Waals surface area contributed by atoms with E-state index in [0.29, 0.717) is 0 Å². The second-order valence-corrected chi connectivity index (χ2v) is 3.13. The Bertz CT molecular complexity index is 202. The van der Waals surface area contributed by atoms with Crippen molar-refractivity contribution in [3.05, 3.63) is 23.6 Å². The Kier molecular flexibility index (Phi) is 1.81. The fourth-order valence-electron chi connectivity index (χ4n) is 0.107. The summed E-state index contributed by atoms with van der Waals surface area (Å²) >= 11 is 0. The summed E-state index contributed by atoms with van der Waals surface area (Å²) in [7, 11) is -3.39. The standard InChI is InChI=1S/C4H7NO2S/c1-3-8(6,7)4(2)5/h3H,1-2,5H2. The molecule has 0 rings (SSSR count). The van der Waals surface area contributed by atoms with Gasteiger partial charge in [0.1, 0.15) is 5.03 Å². The number of rotatable bonds is 2. The van der Waals surface area contributed by atoms with Crippen LogP contribution in [0.3, 0.4) is 0 Å². The maximum absolute atomic E-state index is 10.4. The van der Waals surface area contributed by atoms with Crippen molar-refractivity contribution in [3.8, 4) is 0 Å². The molecule has 0 aliphatic rings. The predicted molar refractivity (Wildman–Crippen MR) is 32.4 cm³/mol. The van der Waals surface area contributed by atoms with E-state index in [1.807, 2.05) is 0 Å². The average Bonchev–Trinajstić information content (AvgIpc) is 1.67. The first-order valence-electron chi connectivity index (χ1n) is 1.82. The van der Waals surface area contributed by atoms with E-state index in [2.05, 4.69) is 13.2 Å². The first-order chi connectivity index (χ1) is 3.50. The van der Waals surface area contributed by atoms with Crippen molar-refractivity contribution in [2.45, 2.75) is 0 Å². The number of sulfone groups is 1. The molecule has 8 heavy (non-hydrogen) atoms. The minimum atomic E-state index is -3.39. The zero-order valence-electron chi connectivity index (χ0n) is 4.29. The van der Waals surface area contributed by atoms with Gasteiger partial charge in [-0.05, 0) is 0 Å². The Hall–Kier alpha value is -0.770. The van der Waals surface area contributed by atoms with Gasteiger partial charge in [0.15, 0.2) is 0 Å². The van der Waals surface area contributed by atoms with Crippen LogP contribution in [-0.2, 0) is 9.84 Å². The van der Waals surface area contributed by atoms with Crippen LogP contribution in [-0.4, -0.2) is 8.42 Å². The van der Waals surface area contributed by atoms with Crippen molar-refractivity contribution >= 4 is 9.84 Å². The maximum atomic E-state index is 10.4. The van der Waals surface area contributed by atoms with E-state index in [9.17, 15) is 8.42 Å². The third-order valence-corrected chi connectivity index (χ3v) is 1.75. The predicted octanol–water partition coefficient (Wildman–Crippen LogP) is -0.0254. The summed E-state index contributed by atoms with van der Waals surface area (Å²) in [6.45, 7) is 6.04. The number of hydrogen-bond donors (Lipinski definition) is 1. The van der Waals surface area contributed by atoms with Crippen LogP contribution in [0.25, 0.3) is 0 Å². The highest BCUT2D eigenvalue weighted by atomic mass is 32.2. The zero-order chi connectivity index (χ0) is 6.78. The van der Waals surface area contributed by atoms with Crippen LogP contribution >= 0.6 is 0 Å². The molecule has 0 aliphatic heterocycles. The third kappa shape index (κ3) is 1.38. The molecule has 0 bridgehead atoms. The van der Waals surface area contributed by atoms with Crippen LogP contribution in [0.4, 0.5) is 0 Å². The molecule has 2 N–H and O–H groups in total. The van der Waals surface area contributed by atoms with Crippen molar-refractivity contribution < 1.29 is 8.42 Å². The molecule has 4 heteroatoms. The Morgan fingerprint density at radius 1 is 1.62 bits per heavy atom. The lowest BCUT2D eigenvalue weighted by Gasteiger charge is -1.90. The van der Waals surface area contributed by atoms with Gasteiger partial charge in [-0.15, -0.1) is 0 Å². The lowest BCUT2D eigenvalue weighted by atomic mass is 11.1. The molecule has 0 aliphatic carbocycles. The van der Waals surface area contributed by atoms with Gasteiger partial charge in [-0.25, -0.2) is 8.42 Å². The summed E-state index contributed by atoms with van der Waals surface area (Å²) in [5.74, 6) is 0. The summed E-state index contributed by atoms with van der Waals surface area (Å²) in [5.41, 5.74) is 4.83. The summed E-state index contributed by atoms with van der Waals surface area (Å²) in [6.07, 6.45) is 0. The second kappa shape index (κ2) is 2.00. The van der Waals surface area contributed by atoms with Gasteiger partial charge in [0.05, 0.1) is 0 Å². The Balaban J connectivity index is 4.68. The molecule has 0 amide bonds. The van der Waals surface area contributed by atoms with E-state index in [1.54, 1.807) is 0 Å². The molecular formula is C4H7NO2S. The van der Waals surface area contributed by atoms with Crippen LogP contribution in [0.2, 0.25) is 0 Å². The van der Waals surface area contributed by atoms with Crippen molar-refractivity contribution in [1.82, 2.24) is 0 Å². The smallest absolute Gasteiger partial charge is 0.213 e. The van der Waals surface area contributed by atoms with Crippen molar-refractivity contribution in [1.29, 1.82) is 0 Å². The molecule has 0 heterocycles. The van der Waals surface area contributed by atoms with E-state index < -0.39 is 9.84 Å². The highest BCUT2D eigenvalue weighted by Crippen LogP contribution is 1.95. The summed E-state index contributed by atoms with van der Waals surface area (Å²) in [5, 5.41) is 0.391. The van der Waals surface area contributed by atoms with E-state index in [-0.39, 0.29) is 5.03 Å². The summed E-state index contributed by atoms with van der Waals surface area (Å²) in [4.78, 5) is 0. The Labute approximate surface area is 48.4 Å². The third-order valence-electron chi connectivity index (χ3n) is 0.585. The minimum absolute atomic E-state index is 0.368. The van der Waals surface area contributed by atoms with Gasteiger partial charge in [0, 0.05) is 5.41 Å². The quantitative estimate of drug-likeness (QED) is 0.575. The highest BCUT2D eigenvalue weighted by molar-refractivity contribution is 7.97. The first-order valence-corrected chi connectivity index (χ1v) is 3.37. The zero-order valence-corrected chi connectivity index (χ0v) is 5.11. The first kappa shape index (κ1) is 7.23. The molecule has 0 aromatic rings. The summed E-state index contributed by atoms with van der Waals surface area (Å²) < 4.78 is 20.7. The van der Waals surface area contributed by atoms with Gasteiger partial charge in [0.2, 0.25) is 9.84 Å². The van der Waals surface area contributed by atoms with E-state index in [4.69, 9.17) is 5.73 Å². The molecule has 0 aromatic heterocycles. The van der Waals surface area contributed by atoms with Gasteiger partial charge in [-0.1, -0.05) is 13.2 Å². The molecule has 0 atom stereocenters. The molecule has 0 aromatic carbocycles. The lowest BCUT2D eigenvalue weighted by Crippen LogP contribution is -2.06. The normalized spacial score (nSPS) is 10.5. The van der Waals surface area contributed by atoms with Gasteiger partial charge >= 0.3 is 0 Å². The van der Waals surface area contributed by atoms with Crippen molar-refractivity contribution in [2.75, 3.05) is 0 Å². The molecule has 0 saturated carbocycles. The topological polar surface area (TPSA) is 60.2 Å². The van der Waals surface area contributed by atoms with Crippen LogP contribution in [0.15, 0.2) is 23.6 Å². The largest absolute Gasteiger partial charge is 0.390 e. The molecule has 0 radical (unpaired) electrons. The lowest BCUT2D eigenvalue weighted by molar-refractivity contribution is 0.610. The molecule has 0 saturated heterocycles. The molecule has 3 nitrogen and oxygen atoms in total.